The number of phenolic OH excluding ortho intramolecular Hbond substituents is 1. The molecule has 0 aliphatic rings. The fraction of sp³-hybridized carbons (Fsp3) is 0.136. The summed E-state index contributed by atoms with van der Waals surface area (Å²) in [5.74, 6) is 1.65. The number of benzene rings is 3. The maximum atomic E-state index is 12.6. The highest BCUT2D eigenvalue weighted by Crippen LogP contribution is 2.35. The van der Waals surface area contributed by atoms with Crippen molar-refractivity contribution < 1.29 is 24.1 Å². The first-order valence-corrected chi connectivity index (χ1v) is 8.32. The van der Waals surface area contributed by atoms with E-state index in [2.05, 4.69) is 0 Å². The number of allylic oxidation sites excluding steroid dienone is 1. The van der Waals surface area contributed by atoms with Gasteiger partial charge < -0.3 is 19.3 Å². The van der Waals surface area contributed by atoms with E-state index in [1.807, 2.05) is 12.1 Å². The molecular weight excluding hydrogens is 344 g/mol. The number of carbonyl (C=O) groups excluding carboxylic acids is 1. The van der Waals surface area contributed by atoms with Crippen LogP contribution in [0.2, 0.25) is 0 Å². The normalized spacial score (nSPS) is 10.9. The average molecular weight is 364 g/mol. The number of ether oxygens (including phenoxy) is 3. The summed E-state index contributed by atoms with van der Waals surface area (Å²) in [6.45, 7) is 0. The molecule has 0 aromatic heterocycles. The largest absolute Gasteiger partial charge is 0.507 e. The highest BCUT2D eigenvalue weighted by atomic mass is 16.5. The number of phenols is 1. The van der Waals surface area contributed by atoms with Gasteiger partial charge in [-0.1, -0.05) is 24.3 Å². The van der Waals surface area contributed by atoms with Gasteiger partial charge in [0.25, 0.3) is 0 Å². The molecule has 138 valence electrons. The van der Waals surface area contributed by atoms with Crippen LogP contribution >= 0.6 is 0 Å². The second-order valence-electron chi connectivity index (χ2n) is 5.82. The molecule has 0 heterocycles. The molecule has 5 heteroatoms. The van der Waals surface area contributed by atoms with Crippen LogP contribution in [-0.2, 0) is 0 Å². The van der Waals surface area contributed by atoms with Crippen molar-refractivity contribution in [1.29, 1.82) is 0 Å². The van der Waals surface area contributed by atoms with Gasteiger partial charge in [0.05, 0.1) is 21.3 Å². The smallest absolute Gasteiger partial charge is 0.185 e. The number of ketones is 1. The van der Waals surface area contributed by atoms with Crippen LogP contribution in [0.3, 0.4) is 0 Å². The Bertz CT molecular complexity index is 1020. The number of methoxy groups -OCH3 is 3. The lowest BCUT2D eigenvalue weighted by molar-refractivity contribution is 0.104. The lowest BCUT2D eigenvalue weighted by Crippen LogP contribution is -1.97. The predicted octanol–water partition coefficient (Wildman–Crippen LogP) is 4.47. The van der Waals surface area contributed by atoms with E-state index < -0.39 is 0 Å². The number of rotatable bonds is 6. The minimum absolute atomic E-state index is 0.129. The lowest BCUT2D eigenvalue weighted by atomic mass is 10.0. The van der Waals surface area contributed by atoms with Crippen molar-refractivity contribution in [1.82, 2.24) is 0 Å². The van der Waals surface area contributed by atoms with E-state index in [4.69, 9.17) is 14.2 Å². The van der Waals surface area contributed by atoms with Crippen LogP contribution in [0, 0.1) is 0 Å². The Hall–Kier alpha value is -3.47. The van der Waals surface area contributed by atoms with Crippen molar-refractivity contribution >= 4 is 22.6 Å². The SMILES string of the molecule is COc1ccc(C(=O)C=Cc2ccc(OC)c3cccc(O)c23)cc1OC. The molecule has 3 aromatic rings. The Kier molecular flexibility index (Phi) is 5.31. The molecule has 5 nitrogen and oxygen atoms in total. The average Bonchev–Trinajstić information content (AvgIpc) is 2.71. The molecule has 1 N–H and O–H groups in total. The number of hydrogen-bond acceptors (Lipinski definition) is 5. The van der Waals surface area contributed by atoms with Gasteiger partial charge in [-0.3, -0.25) is 4.79 Å². The van der Waals surface area contributed by atoms with Crippen molar-refractivity contribution in [2.75, 3.05) is 21.3 Å². The summed E-state index contributed by atoms with van der Waals surface area (Å²) in [5, 5.41) is 11.7. The standard InChI is InChI=1S/C22H20O5/c1-25-19-11-8-14(22-16(19)5-4-6-18(22)24)7-10-17(23)15-9-12-20(26-2)21(13-15)27-3/h4-13,24H,1-3H3. The van der Waals surface area contributed by atoms with Gasteiger partial charge >= 0.3 is 0 Å². The van der Waals surface area contributed by atoms with Crippen LogP contribution in [0.25, 0.3) is 16.8 Å². The van der Waals surface area contributed by atoms with Crippen molar-refractivity contribution in [3.63, 3.8) is 0 Å². The molecule has 0 saturated carbocycles. The van der Waals surface area contributed by atoms with E-state index in [9.17, 15) is 9.90 Å². The summed E-state index contributed by atoms with van der Waals surface area (Å²) in [6, 6.07) is 13.8. The molecule has 0 atom stereocenters. The molecule has 27 heavy (non-hydrogen) atoms. The highest BCUT2D eigenvalue weighted by molar-refractivity contribution is 6.09. The van der Waals surface area contributed by atoms with Crippen molar-refractivity contribution in [2.45, 2.75) is 0 Å². The Morgan fingerprint density at radius 1 is 0.889 bits per heavy atom. The van der Waals surface area contributed by atoms with E-state index in [0.29, 0.717) is 28.2 Å². The molecule has 0 radical (unpaired) electrons. The first-order valence-electron chi connectivity index (χ1n) is 8.32. The van der Waals surface area contributed by atoms with E-state index in [1.165, 1.54) is 13.2 Å². The van der Waals surface area contributed by atoms with Gasteiger partial charge in [0, 0.05) is 16.3 Å². The summed E-state index contributed by atoms with van der Waals surface area (Å²) in [4.78, 5) is 12.6. The zero-order valence-corrected chi connectivity index (χ0v) is 15.4. The molecule has 0 amide bonds. The minimum atomic E-state index is -0.185. The van der Waals surface area contributed by atoms with Gasteiger partial charge in [-0.2, -0.15) is 0 Å². The Balaban J connectivity index is 1.98. The third kappa shape index (κ3) is 3.58. The summed E-state index contributed by atoms with van der Waals surface area (Å²) >= 11 is 0. The Labute approximate surface area is 157 Å². The van der Waals surface area contributed by atoms with Crippen LogP contribution < -0.4 is 14.2 Å². The highest BCUT2D eigenvalue weighted by Gasteiger charge is 2.11. The molecule has 3 rings (SSSR count). The third-order valence-corrected chi connectivity index (χ3v) is 4.31. The van der Waals surface area contributed by atoms with Crippen LogP contribution in [0.5, 0.6) is 23.0 Å². The fourth-order valence-corrected chi connectivity index (χ4v) is 2.96. The Morgan fingerprint density at radius 3 is 2.30 bits per heavy atom. The molecule has 0 saturated heterocycles. The number of fused-ring (bicyclic) bond motifs is 1. The summed E-state index contributed by atoms with van der Waals surface area (Å²) in [6.07, 6.45) is 3.15. The van der Waals surface area contributed by atoms with E-state index in [1.54, 1.807) is 56.7 Å². The molecule has 3 aromatic carbocycles. The minimum Gasteiger partial charge on any atom is -0.507 e. The van der Waals surface area contributed by atoms with Gasteiger partial charge in [-0.25, -0.2) is 0 Å². The monoisotopic (exact) mass is 364 g/mol. The molecule has 0 fully saturated rings. The molecule has 0 aliphatic carbocycles. The summed E-state index contributed by atoms with van der Waals surface area (Å²) in [5.41, 5.74) is 1.20. The lowest BCUT2D eigenvalue weighted by Gasteiger charge is -2.10. The van der Waals surface area contributed by atoms with Gasteiger partial charge in [0.15, 0.2) is 17.3 Å². The topological polar surface area (TPSA) is 65.0 Å². The number of aromatic hydroxyl groups is 1. The van der Waals surface area contributed by atoms with Crippen LogP contribution in [0.1, 0.15) is 15.9 Å². The molecule has 0 unspecified atom stereocenters. The number of hydrogen-bond donors (Lipinski definition) is 1. The quantitative estimate of drug-likeness (QED) is 0.516. The molecule has 0 spiro atoms. The first kappa shape index (κ1) is 18.3. The zero-order chi connectivity index (χ0) is 19.4. The maximum Gasteiger partial charge on any atom is 0.185 e. The van der Waals surface area contributed by atoms with Crippen molar-refractivity contribution in [3.05, 3.63) is 65.7 Å². The first-order chi connectivity index (χ1) is 13.1. The third-order valence-electron chi connectivity index (χ3n) is 4.31. The van der Waals surface area contributed by atoms with E-state index >= 15 is 0 Å². The molecule has 0 bridgehead atoms. The second kappa shape index (κ2) is 7.83. The maximum absolute atomic E-state index is 12.6. The second-order valence-corrected chi connectivity index (χ2v) is 5.82. The van der Waals surface area contributed by atoms with Crippen LogP contribution in [0.4, 0.5) is 0 Å². The molecular formula is C22H20O5. The van der Waals surface area contributed by atoms with Crippen molar-refractivity contribution in [3.8, 4) is 23.0 Å². The summed E-state index contributed by atoms with van der Waals surface area (Å²) < 4.78 is 15.8. The van der Waals surface area contributed by atoms with Crippen molar-refractivity contribution in [2.24, 2.45) is 0 Å². The number of carbonyl (C=O) groups is 1. The van der Waals surface area contributed by atoms with Gasteiger partial charge in [0.1, 0.15) is 11.5 Å². The van der Waals surface area contributed by atoms with E-state index in [0.717, 1.165) is 10.9 Å². The van der Waals surface area contributed by atoms with Gasteiger partial charge in [-0.05, 0) is 42.0 Å². The molecule has 0 aliphatic heterocycles. The van der Waals surface area contributed by atoms with E-state index in [-0.39, 0.29) is 11.5 Å². The van der Waals surface area contributed by atoms with Gasteiger partial charge in [0.2, 0.25) is 0 Å². The Morgan fingerprint density at radius 2 is 1.59 bits per heavy atom. The van der Waals surface area contributed by atoms with Crippen LogP contribution in [-0.4, -0.2) is 32.2 Å². The predicted molar refractivity (Wildman–Crippen MR) is 105 cm³/mol. The summed E-state index contributed by atoms with van der Waals surface area (Å²) in [7, 11) is 4.64. The zero-order valence-electron chi connectivity index (χ0n) is 15.4. The van der Waals surface area contributed by atoms with Crippen LogP contribution in [0.15, 0.2) is 54.6 Å². The fourth-order valence-electron chi connectivity index (χ4n) is 2.96. The van der Waals surface area contributed by atoms with Gasteiger partial charge in [-0.15, -0.1) is 0 Å².